The molecule has 0 aromatic carbocycles. The van der Waals surface area contributed by atoms with Crippen molar-refractivity contribution in [2.45, 2.75) is 37.4 Å². The summed E-state index contributed by atoms with van der Waals surface area (Å²) in [6.45, 7) is 6.84. The fourth-order valence-corrected chi connectivity index (χ4v) is 4.33. The molecule has 0 spiro atoms. The molecule has 112 valence electrons. The quantitative estimate of drug-likeness (QED) is 0.726. The van der Waals surface area contributed by atoms with Gasteiger partial charge in [0.1, 0.15) is 0 Å². The van der Waals surface area contributed by atoms with E-state index in [1.165, 1.54) is 36.1 Å². The number of rotatable bonds is 4. The molecular weight excluding hydrogens is 292 g/mol. The maximum absolute atomic E-state index is 11.8. The summed E-state index contributed by atoms with van der Waals surface area (Å²) in [5, 5.41) is 0. The van der Waals surface area contributed by atoms with E-state index in [-0.39, 0.29) is 0 Å². The number of carbonyl (C=O) groups is 4. The van der Waals surface area contributed by atoms with Crippen LogP contribution in [0.3, 0.4) is 0 Å². The predicted molar refractivity (Wildman–Crippen MR) is 77.7 cm³/mol. The molecule has 0 aliphatic carbocycles. The molecule has 2 heterocycles. The molecular formula is C14H16N2O4S. The molecule has 0 unspecified atom stereocenters. The molecule has 0 bridgehead atoms. The third kappa shape index (κ3) is 2.65. The van der Waals surface area contributed by atoms with Crippen LogP contribution in [0.5, 0.6) is 0 Å². The van der Waals surface area contributed by atoms with Gasteiger partial charge in [-0.25, -0.2) is 0 Å². The Bertz CT molecular complexity index is 516. The number of hydrogen-bond acceptors (Lipinski definition) is 5. The van der Waals surface area contributed by atoms with Crippen molar-refractivity contribution in [2.75, 3.05) is 0 Å². The lowest BCUT2D eigenvalue weighted by atomic mass is 10.3. The maximum atomic E-state index is 11.8. The van der Waals surface area contributed by atoms with Crippen molar-refractivity contribution < 1.29 is 19.2 Å². The summed E-state index contributed by atoms with van der Waals surface area (Å²) in [6.07, 6.45) is 4.85. The van der Waals surface area contributed by atoms with E-state index in [2.05, 4.69) is 0 Å². The number of hydrogen-bond donors (Lipinski definition) is 0. The minimum Gasteiger partial charge on any atom is -0.269 e. The van der Waals surface area contributed by atoms with Gasteiger partial charge >= 0.3 is 0 Å². The topological polar surface area (TPSA) is 74.8 Å². The molecule has 4 amide bonds. The van der Waals surface area contributed by atoms with Crippen LogP contribution in [-0.4, -0.2) is 43.2 Å². The summed E-state index contributed by atoms with van der Waals surface area (Å²) in [4.78, 5) is 47.7. The predicted octanol–water partition coefficient (Wildman–Crippen LogP) is 1.04. The Kier molecular flexibility index (Phi) is 3.57. The van der Waals surface area contributed by atoms with E-state index in [1.54, 1.807) is 27.7 Å². The van der Waals surface area contributed by atoms with Gasteiger partial charge in [0.25, 0.3) is 23.6 Å². The second kappa shape index (κ2) is 4.84. The van der Waals surface area contributed by atoms with Crippen molar-refractivity contribution in [3.8, 4) is 0 Å². The van der Waals surface area contributed by atoms with Crippen molar-refractivity contribution >= 4 is 35.4 Å². The summed E-state index contributed by atoms with van der Waals surface area (Å²) >= 11 is 1.20. The van der Waals surface area contributed by atoms with Gasteiger partial charge in [0.2, 0.25) is 0 Å². The lowest BCUT2D eigenvalue weighted by molar-refractivity contribution is -0.140. The van der Waals surface area contributed by atoms with Crippen LogP contribution in [0.4, 0.5) is 0 Å². The molecule has 7 heteroatoms. The van der Waals surface area contributed by atoms with Gasteiger partial charge in [0.05, 0.1) is 9.74 Å². The summed E-state index contributed by atoms with van der Waals surface area (Å²) in [5.41, 5.74) is 0. The Morgan fingerprint density at radius 2 is 0.905 bits per heavy atom. The first-order valence-corrected chi connectivity index (χ1v) is 7.20. The van der Waals surface area contributed by atoms with Crippen LogP contribution < -0.4 is 0 Å². The molecule has 0 fully saturated rings. The fourth-order valence-electron chi connectivity index (χ4n) is 2.56. The standard InChI is InChI=1S/C14H16N2O4S/c1-13(2,15-9(17)5-6-10(15)18)21-14(3,4)16-11(19)7-8-12(16)20/h5-8H,1-4H3. The first-order valence-electron chi connectivity index (χ1n) is 6.39. The van der Waals surface area contributed by atoms with Crippen LogP contribution in [0, 0.1) is 0 Å². The molecule has 2 aliphatic rings. The normalized spacial score (nSPS) is 19.4. The number of nitrogens with zero attached hydrogens (tertiary/aromatic N) is 2. The second-order valence-electron chi connectivity index (χ2n) is 5.69. The zero-order chi connectivity index (χ0) is 16.0. The first-order chi connectivity index (χ1) is 9.56. The van der Waals surface area contributed by atoms with Gasteiger partial charge in [-0.1, -0.05) is 0 Å². The highest BCUT2D eigenvalue weighted by molar-refractivity contribution is 8.01. The van der Waals surface area contributed by atoms with Crippen LogP contribution in [0.15, 0.2) is 24.3 Å². The second-order valence-corrected chi connectivity index (χ2v) is 7.89. The highest BCUT2D eigenvalue weighted by atomic mass is 32.2. The van der Waals surface area contributed by atoms with Crippen LogP contribution in [0.1, 0.15) is 27.7 Å². The minimum absolute atomic E-state index is 0.398. The van der Waals surface area contributed by atoms with E-state index >= 15 is 0 Å². The maximum Gasteiger partial charge on any atom is 0.254 e. The van der Waals surface area contributed by atoms with E-state index in [0.717, 1.165) is 9.80 Å². The largest absolute Gasteiger partial charge is 0.269 e. The van der Waals surface area contributed by atoms with Gasteiger partial charge in [-0.15, -0.1) is 11.8 Å². The Hall–Kier alpha value is -1.89. The van der Waals surface area contributed by atoms with Gasteiger partial charge < -0.3 is 0 Å². The third-order valence-corrected chi connectivity index (χ3v) is 4.56. The van der Waals surface area contributed by atoms with Crippen molar-refractivity contribution in [3.05, 3.63) is 24.3 Å². The van der Waals surface area contributed by atoms with Crippen LogP contribution in [0.2, 0.25) is 0 Å². The summed E-state index contributed by atoms with van der Waals surface area (Å²) in [7, 11) is 0. The molecule has 6 nitrogen and oxygen atoms in total. The number of imide groups is 2. The molecule has 0 N–H and O–H groups in total. The number of thioether (sulfide) groups is 1. The molecule has 0 aromatic rings. The molecule has 0 atom stereocenters. The van der Waals surface area contributed by atoms with Crippen molar-refractivity contribution in [1.82, 2.24) is 9.80 Å². The van der Waals surface area contributed by atoms with Crippen LogP contribution in [0.25, 0.3) is 0 Å². The molecule has 0 saturated carbocycles. The van der Waals surface area contributed by atoms with Crippen LogP contribution in [-0.2, 0) is 19.2 Å². The average Bonchev–Trinajstić information content (AvgIpc) is 2.81. The van der Waals surface area contributed by atoms with Gasteiger partial charge in [0.15, 0.2) is 0 Å². The Balaban J connectivity index is 2.23. The Morgan fingerprint density at radius 3 is 1.14 bits per heavy atom. The minimum atomic E-state index is -0.898. The van der Waals surface area contributed by atoms with Crippen molar-refractivity contribution in [2.24, 2.45) is 0 Å². The lowest BCUT2D eigenvalue weighted by Crippen LogP contribution is -2.53. The SMILES string of the molecule is CC(C)(SC(C)(C)N1C(=O)C=CC1=O)N1C(=O)C=CC1=O. The van der Waals surface area contributed by atoms with Crippen molar-refractivity contribution in [1.29, 1.82) is 0 Å². The van der Waals surface area contributed by atoms with E-state index in [4.69, 9.17) is 0 Å². The highest BCUT2D eigenvalue weighted by Crippen LogP contribution is 2.42. The zero-order valence-electron chi connectivity index (χ0n) is 12.2. The molecule has 0 saturated heterocycles. The molecule has 0 radical (unpaired) electrons. The first kappa shape index (κ1) is 15.5. The lowest BCUT2D eigenvalue weighted by Gasteiger charge is -2.42. The summed E-state index contributed by atoms with van der Waals surface area (Å²) < 4.78 is 0. The van der Waals surface area contributed by atoms with Gasteiger partial charge in [-0.05, 0) is 27.7 Å². The number of amides is 4. The zero-order valence-corrected chi connectivity index (χ0v) is 13.1. The van der Waals surface area contributed by atoms with E-state index in [1.807, 2.05) is 0 Å². The smallest absolute Gasteiger partial charge is 0.254 e. The molecule has 2 rings (SSSR count). The van der Waals surface area contributed by atoms with Crippen LogP contribution >= 0.6 is 11.8 Å². The molecule has 21 heavy (non-hydrogen) atoms. The van der Waals surface area contributed by atoms with Gasteiger partial charge in [0, 0.05) is 24.3 Å². The third-order valence-electron chi connectivity index (χ3n) is 3.20. The highest BCUT2D eigenvalue weighted by Gasteiger charge is 2.46. The Morgan fingerprint density at radius 1 is 0.667 bits per heavy atom. The summed E-state index contributed by atoms with van der Waals surface area (Å²) in [5.74, 6) is -1.59. The average molecular weight is 308 g/mol. The van der Waals surface area contributed by atoms with Crippen molar-refractivity contribution in [3.63, 3.8) is 0 Å². The molecule has 2 aliphatic heterocycles. The summed E-state index contributed by atoms with van der Waals surface area (Å²) in [6, 6.07) is 0. The Labute approximate surface area is 126 Å². The monoisotopic (exact) mass is 308 g/mol. The molecule has 0 aromatic heterocycles. The van der Waals surface area contributed by atoms with Gasteiger partial charge in [-0.2, -0.15) is 0 Å². The fraction of sp³-hybridized carbons (Fsp3) is 0.429. The van der Waals surface area contributed by atoms with Gasteiger partial charge in [-0.3, -0.25) is 29.0 Å². The van der Waals surface area contributed by atoms with E-state index in [0.29, 0.717) is 0 Å². The van der Waals surface area contributed by atoms with E-state index < -0.39 is 33.4 Å². The number of carbonyl (C=O) groups excluding carboxylic acids is 4. The van der Waals surface area contributed by atoms with E-state index in [9.17, 15) is 19.2 Å².